The summed E-state index contributed by atoms with van der Waals surface area (Å²) in [6, 6.07) is 16.7. The number of esters is 1. The van der Waals surface area contributed by atoms with E-state index < -0.39 is 5.97 Å². The molecule has 0 aliphatic rings. The van der Waals surface area contributed by atoms with Crippen molar-refractivity contribution in [1.29, 1.82) is 0 Å². The van der Waals surface area contributed by atoms with Crippen molar-refractivity contribution in [3.05, 3.63) is 65.7 Å². The van der Waals surface area contributed by atoms with Crippen molar-refractivity contribution in [1.82, 2.24) is 5.32 Å². The Hall–Kier alpha value is -2.86. The van der Waals surface area contributed by atoms with Crippen LogP contribution >= 0.6 is 0 Å². The second-order valence-corrected chi connectivity index (χ2v) is 5.89. The lowest BCUT2D eigenvalue weighted by molar-refractivity contribution is -0.124. The molecule has 6 heteroatoms. The zero-order chi connectivity index (χ0) is 18.8. The van der Waals surface area contributed by atoms with Crippen molar-refractivity contribution in [2.45, 2.75) is 12.8 Å². The molecule has 0 saturated carbocycles. The maximum Gasteiger partial charge on any atom is 0.340 e. The van der Waals surface area contributed by atoms with Crippen molar-refractivity contribution in [2.75, 3.05) is 31.6 Å². The first kappa shape index (κ1) is 19.5. The quantitative estimate of drug-likeness (QED) is 0.600. The van der Waals surface area contributed by atoms with Crippen LogP contribution in [0.15, 0.2) is 54.6 Å². The highest BCUT2D eigenvalue weighted by atomic mass is 16.5. The highest BCUT2D eigenvalue weighted by Gasteiger charge is 2.14. The van der Waals surface area contributed by atoms with Crippen molar-refractivity contribution in [2.24, 2.45) is 0 Å². The number of aliphatic hydroxyl groups is 1. The van der Waals surface area contributed by atoms with E-state index in [2.05, 4.69) is 10.6 Å². The van der Waals surface area contributed by atoms with Crippen LogP contribution in [0.2, 0.25) is 0 Å². The average molecular weight is 356 g/mol. The number of ether oxygens (including phenoxy) is 1. The van der Waals surface area contributed by atoms with Crippen LogP contribution < -0.4 is 10.6 Å². The van der Waals surface area contributed by atoms with Crippen molar-refractivity contribution in [3.8, 4) is 0 Å². The molecule has 0 unspecified atom stereocenters. The minimum atomic E-state index is -0.586. The van der Waals surface area contributed by atoms with Crippen LogP contribution in [-0.2, 0) is 9.53 Å². The Morgan fingerprint density at radius 1 is 1.08 bits per heavy atom. The number of benzene rings is 2. The largest absolute Gasteiger partial charge is 0.452 e. The minimum absolute atomic E-state index is 0.0502. The van der Waals surface area contributed by atoms with E-state index >= 15 is 0 Å². The topological polar surface area (TPSA) is 87.7 Å². The standard InChI is InChI=1S/C20H24N2O4/c1-15(16-7-3-2-4-8-16)13-22-19(24)14-26-20(25)17-9-5-6-10-18(17)21-11-12-23/h2-10,15,21,23H,11-14H2,1H3,(H,22,24)/t15-/m1/s1. The number of carbonyl (C=O) groups excluding carboxylic acids is 2. The summed E-state index contributed by atoms with van der Waals surface area (Å²) in [5.74, 6) is -0.765. The SMILES string of the molecule is C[C@H](CNC(=O)COC(=O)c1ccccc1NCCO)c1ccccc1. The summed E-state index contributed by atoms with van der Waals surface area (Å²) in [7, 11) is 0. The Kier molecular flexibility index (Phi) is 7.64. The van der Waals surface area contributed by atoms with Crippen LogP contribution in [0.25, 0.3) is 0 Å². The molecular formula is C20H24N2O4. The fourth-order valence-corrected chi connectivity index (χ4v) is 2.43. The van der Waals surface area contributed by atoms with Gasteiger partial charge >= 0.3 is 5.97 Å². The maximum atomic E-state index is 12.2. The number of rotatable bonds is 9. The Labute approximate surface area is 153 Å². The number of anilines is 1. The van der Waals surface area contributed by atoms with Gasteiger partial charge in [0.05, 0.1) is 12.2 Å². The fourth-order valence-electron chi connectivity index (χ4n) is 2.43. The van der Waals surface area contributed by atoms with Crippen LogP contribution in [0.3, 0.4) is 0 Å². The minimum Gasteiger partial charge on any atom is -0.452 e. The summed E-state index contributed by atoms with van der Waals surface area (Å²) >= 11 is 0. The zero-order valence-electron chi connectivity index (χ0n) is 14.8. The molecule has 1 atom stereocenters. The van der Waals surface area contributed by atoms with Gasteiger partial charge in [-0.2, -0.15) is 0 Å². The monoisotopic (exact) mass is 356 g/mol. The smallest absolute Gasteiger partial charge is 0.340 e. The molecule has 1 amide bonds. The summed E-state index contributed by atoms with van der Waals surface area (Å²) < 4.78 is 5.10. The second-order valence-electron chi connectivity index (χ2n) is 5.89. The van der Waals surface area contributed by atoms with Crippen molar-refractivity contribution in [3.63, 3.8) is 0 Å². The molecule has 2 aromatic carbocycles. The molecule has 0 fully saturated rings. The molecule has 0 heterocycles. The van der Waals surface area contributed by atoms with Gasteiger partial charge in [0, 0.05) is 18.8 Å². The van der Waals surface area contributed by atoms with Gasteiger partial charge in [-0.15, -0.1) is 0 Å². The molecule has 0 spiro atoms. The molecule has 0 radical (unpaired) electrons. The van der Waals surface area contributed by atoms with Gasteiger partial charge < -0.3 is 20.5 Å². The van der Waals surface area contributed by atoms with E-state index in [1.165, 1.54) is 0 Å². The summed E-state index contributed by atoms with van der Waals surface area (Å²) in [4.78, 5) is 24.1. The highest BCUT2D eigenvalue weighted by molar-refractivity contribution is 5.96. The molecule has 0 aliphatic heterocycles. The van der Waals surface area contributed by atoms with E-state index in [0.29, 0.717) is 24.3 Å². The van der Waals surface area contributed by atoms with E-state index in [0.717, 1.165) is 5.56 Å². The molecule has 2 aromatic rings. The summed E-state index contributed by atoms with van der Waals surface area (Å²) in [6.07, 6.45) is 0. The first-order valence-corrected chi connectivity index (χ1v) is 8.54. The normalized spacial score (nSPS) is 11.5. The van der Waals surface area contributed by atoms with Gasteiger partial charge in [-0.3, -0.25) is 4.79 Å². The third kappa shape index (κ3) is 5.89. The summed E-state index contributed by atoms with van der Waals surface area (Å²) in [6.45, 7) is 2.42. The lowest BCUT2D eigenvalue weighted by atomic mass is 10.0. The lowest BCUT2D eigenvalue weighted by Crippen LogP contribution is -2.31. The number of carbonyl (C=O) groups is 2. The van der Waals surface area contributed by atoms with E-state index in [4.69, 9.17) is 9.84 Å². The summed E-state index contributed by atoms with van der Waals surface area (Å²) in [5.41, 5.74) is 2.02. The Balaban J connectivity index is 1.81. The molecule has 0 saturated heterocycles. The fraction of sp³-hybridized carbons (Fsp3) is 0.300. The van der Waals surface area contributed by atoms with Crippen molar-refractivity contribution < 1.29 is 19.4 Å². The van der Waals surface area contributed by atoms with Crippen LogP contribution in [0.4, 0.5) is 5.69 Å². The molecule has 138 valence electrons. The molecule has 0 aromatic heterocycles. The van der Waals surface area contributed by atoms with Crippen LogP contribution in [0.5, 0.6) is 0 Å². The molecule has 3 N–H and O–H groups in total. The third-order valence-corrected chi connectivity index (χ3v) is 3.88. The number of nitrogens with one attached hydrogen (secondary N) is 2. The predicted octanol–water partition coefficient (Wildman–Crippen LogP) is 2.17. The second kappa shape index (κ2) is 10.2. The molecule has 6 nitrogen and oxygen atoms in total. The van der Waals surface area contributed by atoms with Crippen LogP contribution in [0, 0.1) is 0 Å². The van der Waals surface area contributed by atoms with E-state index in [1.54, 1.807) is 24.3 Å². The lowest BCUT2D eigenvalue weighted by Gasteiger charge is -2.14. The number of hydrogen-bond donors (Lipinski definition) is 3. The van der Waals surface area contributed by atoms with Gasteiger partial charge in [-0.1, -0.05) is 49.4 Å². The predicted molar refractivity (Wildman–Crippen MR) is 100 cm³/mol. The van der Waals surface area contributed by atoms with E-state index in [9.17, 15) is 9.59 Å². The van der Waals surface area contributed by atoms with Gasteiger partial charge in [0.2, 0.25) is 0 Å². The number of aliphatic hydroxyl groups excluding tert-OH is 1. The molecule has 0 bridgehead atoms. The first-order chi connectivity index (χ1) is 12.6. The Morgan fingerprint density at radius 2 is 1.77 bits per heavy atom. The molecule has 26 heavy (non-hydrogen) atoms. The third-order valence-electron chi connectivity index (χ3n) is 3.88. The highest BCUT2D eigenvalue weighted by Crippen LogP contribution is 2.16. The molecular weight excluding hydrogens is 332 g/mol. The van der Waals surface area contributed by atoms with Crippen molar-refractivity contribution >= 4 is 17.6 Å². The number of amides is 1. The summed E-state index contributed by atoms with van der Waals surface area (Å²) in [5, 5.41) is 14.6. The van der Waals surface area contributed by atoms with Gasteiger partial charge in [0.25, 0.3) is 5.91 Å². The van der Waals surface area contributed by atoms with E-state index in [-0.39, 0.29) is 25.0 Å². The van der Waals surface area contributed by atoms with E-state index in [1.807, 2.05) is 37.3 Å². The number of para-hydroxylation sites is 1. The van der Waals surface area contributed by atoms with Gasteiger partial charge in [0.1, 0.15) is 0 Å². The van der Waals surface area contributed by atoms with Crippen LogP contribution in [-0.4, -0.2) is 43.3 Å². The van der Waals surface area contributed by atoms with Crippen LogP contribution in [0.1, 0.15) is 28.8 Å². The Bertz CT molecular complexity index is 719. The molecule has 2 rings (SSSR count). The number of hydrogen-bond acceptors (Lipinski definition) is 5. The van der Waals surface area contributed by atoms with Gasteiger partial charge in [-0.05, 0) is 23.6 Å². The molecule has 0 aliphatic carbocycles. The Morgan fingerprint density at radius 3 is 2.50 bits per heavy atom. The average Bonchev–Trinajstić information content (AvgIpc) is 2.69. The maximum absolute atomic E-state index is 12.2. The first-order valence-electron chi connectivity index (χ1n) is 8.54. The zero-order valence-corrected chi connectivity index (χ0v) is 14.8. The van der Waals surface area contributed by atoms with Gasteiger partial charge in [-0.25, -0.2) is 4.79 Å². The van der Waals surface area contributed by atoms with Gasteiger partial charge in [0.15, 0.2) is 6.61 Å².